The molecule has 1 aromatic heterocycles. The van der Waals surface area contributed by atoms with E-state index in [0.717, 1.165) is 55.0 Å². The number of nitrogens with one attached hydrogen (secondary N) is 1. The van der Waals surface area contributed by atoms with E-state index in [2.05, 4.69) is 70.3 Å². The summed E-state index contributed by atoms with van der Waals surface area (Å²) < 4.78 is 1.89. The molecule has 7 nitrogen and oxygen atoms in total. The molecule has 2 heterocycles. The molecule has 1 saturated heterocycles. The van der Waals surface area contributed by atoms with Gasteiger partial charge in [-0.15, -0.1) is 0 Å². The summed E-state index contributed by atoms with van der Waals surface area (Å²) in [6, 6.07) is 6.18. The van der Waals surface area contributed by atoms with Crippen LogP contribution in [0.15, 0.2) is 29.4 Å². The molecule has 1 aliphatic rings. The predicted octanol–water partition coefficient (Wildman–Crippen LogP) is 3.16. The van der Waals surface area contributed by atoms with Gasteiger partial charge in [-0.05, 0) is 25.1 Å². The first kappa shape index (κ1) is 23.4. The second kappa shape index (κ2) is 10.4. The fraction of sp³-hybridized carbons (Fsp3) is 0.565. The van der Waals surface area contributed by atoms with Crippen molar-refractivity contribution in [2.45, 2.75) is 32.9 Å². The van der Waals surface area contributed by atoms with Crippen LogP contribution in [0.5, 0.6) is 0 Å². The topological polar surface area (TPSA) is 51.9 Å². The zero-order valence-corrected chi connectivity index (χ0v) is 20.4. The van der Waals surface area contributed by atoms with Crippen LogP contribution >= 0.6 is 11.6 Å². The number of rotatable bonds is 6. The second-order valence-corrected chi connectivity index (χ2v) is 9.06. The quantitative estimate of drug-likeness (QED) is 0.546. The van der Waals surface area contributed by atoms with Crippen LogP contribution in [0, 0.1) is 0 Å². The van der Waals surface area contributed by atoms with Gasteiger partial charge >= 0.3 is 0 Å². The summed E-state index contributed by atoms with van der Waals surface area (Å²) in [5.41, 5.74) is 4.68. The highest BCUT2D eigenvalue weighted by atomic mass is 35.5. The zero-order chi connectivity index (χ0) is 22.5. The van der Waals surface area contributed by atoms with Crippen LogP contribution in [-0.4, -0.2) is 72.9 Å². The van der Waals surface area contributed by atoms with Crippen LogP contribution in [0.3, 0.4) is 0 Å². The van der Waals surface area contributed by atoms with E-state index in [0.29, 0.717) is 12.5 Å². The highest BCUT2D eigenvalue weighted by Gasteiger charge is 2.20. The standard InChI is InChI=1S/C23H36ClN7/c1-17(2)22-18(16-30(6)27-22)15-29(5)23(25-3)26-14-19-20(24)8-7-9-21(19)31-12-10-28(4)11-13-31/h7-9,16-17H,10-15H2,1-6H3,(H,25,26). The lowest BCUT2D eigenvalue weighted by atomic mass is 10.1. The number of hydrogen-bond donors (Lipinski definition) is 1. The number of halogens is 1. The second-order valence-electron chi connectivity index (χ2n) is 8.65. The van der Waals surface area contributed by atoms with Gasteiger partial charge < -0.3 is 20.0 Å². The Morgan fingerprint density at radius 1 is 1.23 bits per heavy atom. The Labute approximate surface area is 191 Å². The number of anilines is 1. The first-order valence-corrected chi connectivity index (χ1v) is 11.3. The third kappa shape index (κ3) is 5.71. The van der Waals surface area contributed by atoms with E-state index in [1.165, 1.54) is 11.3 Å². The molecular weight excluding hydrogens is 410 g/mol. The average molecular weight is 446 g/mol. The monoisotopic (exact) mass is 445 g/mol. The molecule has 8 heteroatoms. The number of nitrogens with zero attached hydrogens (tertiary/aromatic N) is 6. The normalized spacial score (nSPS) is 15.6. The first-order valence-electron chi connectivity index (χ1n) is 10.9. The molecular formula is C23H36ClN7. The number of piperazine rings is 1. The smallest absolute Gasteiger partial charge is 0.193 e. The van der Waals surface area contributed by atoms with Gasteiger partial charge in [0.2, 0.25) is 0 Å². The maximum Gasteiger partial charge on any atom is 0.193 e. The van der Waals surface area contributed by atoms with Gasteiger partial charge in [-0.2, -0.15) is 5.10 Å². The molecule has 2 aromatic rings. The molecule has 0 spiro atoms. The average Bonchev–Trinajstić information content (AvgIpc) is 3.10. The summed E-state index contributed by atoms with van der Waals surface area (Å²) in [7, 11) is 8.02. The summed E-state index contributed by atoms with van der Waals surface area (Å²) in [5, 5.41) is 8.93. The minimum absolute atomic E-state index is 0.383. The SMILES string of the molecule is CN=C(NCc1c(Cl)cccc1N1CCN(C)CC1)N(C)Cc1cn(C)nc1C(C)C. The summed E-state index contributed by atoms with van der Waals surface area (Å²) in [6.07, 6.45) is 2.10. The summed E-state index contributed by atoms with van der Waals surface area (Å²) in [4.78, 5) is 11.4. The molecule has 3 rings (SSSR count). The van der Waals surface area contributed by atoms with Crippen LogP contribution in [0.2, 0.25) is 5.02 Å². The van der Waals surface area contributed by atoms with Gasteiger partial charge in [-0.1, -0.05) is 31.5 Å². The van der Waals surface area contributed by atoms with Crippen molar-refractivity contribution in [1.82, 2.24) is 24.9 Å². The van der Waals surface area contributed by atoms with E-state index in [9.17, 15) is 0 Å². The van der Waals surface area contributed by atoms with Gasteiger partial charge in [-0.25, -0.2) is 0 Å². The highest BCUT2D eigenvalue weighted by molar-refractivity contribution is 6.31. The Bertz CT molecular complexity index is 897. The van der Waals surface area contributed by atoms with Crippen molar-refractivity contribution >= 4 is 23.2 Å². The predicted molar refractivity (Wildman–Crippen MR) is 130 cm³/mol. The van der Waals surface area contributed by atoms with E-state index in [1.807, 2.05) is 30.9 Å². The highest BCUT2D eigenvalue weighted by Crippen LogP contribution is 2.28. The maximum atomic E-state index is 6.63. The molecule has 31 heavy (non-hydrogen) atoms. The Kier molecular flexibility index (Phi) is 7.84. The van der Waals surface area contributed by atoms with E-state index in [1.54, 1.807) is 0 Å². The van der Waals surface area contributed by atoms with E-state index < -0.39 is 0 Å². The first-order chi connectivity index (χ1) is 14.8. The van der Waals surface area contributed by atoms with Crippen LogP contribution in [-0.2, 0) is 20.1 Å². The van der Waals surface area contributed by atoms with Crippen molar-refractivity contribution in [2.75, 3.05) is 52.2 Å². The molecule has 1 aliphatic heterocycles. The summed E-state index contributed by atoms with van der Waals surface area (Å²) in [5.74, 6) is 1.22. The van der Waals surface area contributed by atoms with Gasteiger partial charge in [-0.3, -0.25) is 9.67 Å². The number of aliphatic imine (C=N–C) groups is 1. The zero-order valence-electron chi connectivity index (χ0n) is 19.7. The Morgan fingerprint density at radius 2 is 1.94 bits per heavy atom. The van der Waals surface area contributed by atoms with Crippen molar-refractivity contribution in [3.63, 3.8) is 0 Å². The van der Waals surface area contributed by atoms with E-state index in [-0.39, 0.29) is 0 Å². The Morgan fingerprint density at radius 3 is 2.58 bits per heavy atom. The minimum Gasteiger partial charge on any atom is -0.369 e. The van der Waals surface area contributed by atoms with Gasteiger partial charge in [0.05, 0.1) is 5.69 Å². The molecule has 1 fully saturated rings. The van der Waals surface area contributed by atoms with Gasteiger partial charge in [0.1, 0.15) is 0 Å². The van der Waals surface area contributed by atoms with Crippen molar-refractivity contribution < 1.29 is 0 Å². The third-order valence-electron chi connectivity index (χ3n) is 5.83. The fourth-order valence-corrected chi connectivity index (χ4v) is 4.35. The van der Waals surface area contributed by atoms with Crippen molar-refractivity contribution in [1.29, 1.82) is 0 Å². The number of aromatic nitrogens is 2. The molecule has 0 aliphatic carbocycles. The minimum atomic E-state index is 0.383. The Balaban J connectivity index is 1.71. The van der Waals surface area contributed by atoms with E-state index >= 15 is 0 Å². The van der Waals surface area contributed by atoms with Gasteiger partial charge in [0.25, 0.3) is 0 Å². The van der Waals surface area contributed by atoms with Crippen molar-refractivity contribution in [2.24, 2.45) is 12.0 Å². The molecule has 170 valence electrons. The van der Waals surface area contributed by atoms with Crippen LogP contribution < -0.4 is 10.2 Å². The number of guanidine groups is 1. The molecule has 0 saturated carbocycles. The van der Waals surface area contributed by atoms with Crippen molar-refractivity contribution in [3.05, 3.63) is 46.2 Å². The molecule has 0 radical (unpaired) electrons. The van der Waals surface area contributed by atoms with E-state index in [4.69, 9.17) is 11.6 Å². The lowest BCUT2D eigenvalue weighted by Crippen LogP contribution is -2.45. The molecule has 1 N–H and O–H groups in total. The molecule has 0 bridgehead atoms. The summed E-state index contributed by atoms with van der Waals surface area (Å²) in [6.45, 7) is 9.87. The largest absolute Gasteiger partial charge is 0.369 e. The number of benzene rings is 1. The van der Waals surface area contributed by atoms with Crippen LogP contribution in [0.25, 0.3) is 0 Å². The Hall–Kier alpha value is -2.25. The fourth-order valence-electron chi connectivity index (χ4n) is 4.11. The number of aryl methyl sites for hydroxylation is 1. The van der Waals surface area contributed by atoms with Gasteiger partial charge in [0.15, 0.2) is 5.96 Å². The molecule has 0 amide bonds. The van der Waals surface area contributed by atoms with Crippen LogP contribution in [0.4, 0.5) is 5.69 Å². The molecule has 1 aromatic carbocycles. The molecule has 0 unspecified atom stereocenters. The molecule has 0 atom stereocenters. The lowest BCUT2D eigenvalue weighted by molar-refractivity contribution is 0.312. The third-order valence-corrected chi connectivity index (χ3v) is 6.18. The maximum absolute atomic E-state index is 6.63. The van der Waals surface area contributed by atoms with Crippen molar-refractivity contribution in [3.8, 4) is 0 Å². The number of hydrogen-bond acceptors (Lipinski definition) is 4. The van der Waals surface area contributed by atoms with Crippen LogP contribution in [0.1, 0.15) is 36.6 Å². The lowest BCUT2D eigenvalue weighted by Gasteiger charge is -2.35. The van der Waals surface area contributed by atoms with Gasteiger partial charge in [0, 0.05) is 88.4 Å². The number of likely N-dealkylation sites (N-methyl/N-ethyl adjacent to an activating group) is 1. The summed E-state index contributed by atoms with van der Waals surface area (Å²) >= 11 is 6.63.